The van der Waals surface area contributed by atoms with Crippen LogP contribution in [-0.2, 0) is 30.2 Å². The SMILES string of the molecule is CCn1nc(C)c(S(=O)(=O)N(C)Cc2ccnn2C)c1C. The Hall–Kier alpha value is -1.67. The van der Waals surface area contributed by atoms with E-state index in [9.17, 15) is 8.42 Å². The van der Waals surface area contributed by atoms with Gasteiger partial charge in [-0.2, -0.15) is 14.5 Å². The molecule has 0 aliphatic carbocycles. The molecular formula is C13H21N5O2S. The molecule has 0 bridgehead atoms. The Balaban J connectivity index is 2.38. The van der Waals surface area contributed by atoms with Crippen LogP contribution in [0, 0.1) is 13.8 Å². The van der Waals surface area contributed by atoms with Crippen molar-refractivity contribution < 1.29 is 8.42 Å². The average molecular weight is 311 g/mol. The largest absolute Gasteiger partial charge is 0.271 e. The van der Waals surface area contributed by atoms with Crippen LogP contribution in [0.5, 0.6) is 0 Å². The van der Waals surface area contributed by atoms with Gasteiger partial charge >= 0.3 is 0 Å². The second-order valence-corrected chi connectivity index (χ2v) is 7.00. The van der Waals surface area contributed by atoms with Gasteiger partial charge in [0.05, 0.1) is 23.6 Å². The molecule has 0 saturated heterocycles. The van der Waals surface area contributed by atoms with Gasteiger partial charge in [-0.15, -0.1) is 0 Å². The molecule has 0 unspecified atom stereocenters. The van der Waals surface area contributed by atoms with Crippen molar-refractivity contribution in [1.29, 1.82) is 0 Å². The molecule has 0 radical (unpaired) electrons. The van der Waals surface area contributed by atoms with E-state index in [0.717, 1.165) is 5.69 Å². The van der Waals surface area contributed by atoms with Gasteiger partial charge in [-0.3, -0.25) is 9.36 Å². The first-order valence-electron chi connectivity index (χ1n) is 6.76. The molecule has 2 heterocycles. The summed E-state index contributed by atoms with van der Waals surface area (Å²) in [5.74, 6) is 0. The lowest BCUT2D eigenvalue weighted by Crippen LogP contribution is -2.28. The Morgan fingerprint density at radius 2 is 2.00 bits per heavy atom. The molecule has 0 aliphatic rings. The summed E-state index contributed by atoms with van der Waals surface area (Å²) in [4.78, 5) is 0.300. The zero-order valence-electron chi connectivity index (χ0n) is 13.0. The van der Waals surface area contributed by atoms with Crippen molar-refractivity contribution in [3.05, 3.63) is 29.3 Å². The predicted octanol–water partition coefficient (Wildman–Crippen LogP) is 1.07. The number of nitrogens with zero attached hydrogens (tertiary/aromatic N) is 5. The number of aromatic nitrogens is 4. The summed E-state index contributed by atoms with van der Waals surface area (Å²) in [5, 5.41) is 8.34. The lowest BCUT2D eigenvalue weighted by molar-refractivity contribution is 0.452. The van der Waals surface area contributed by atoms with Crippen molar-refractivity contribution in [3.63, 3.8) is 0 Å². The molecular weight excluding hydrogens is 290 g/mol. The Kier molecular flexibility index (Phi) is 4.20. The molecule has 2 rings (SSSR count). The Bertz CT molecular complexity index is 745. The molecule has 0 amide bonds. The maximum Gasteiger partial charge on any atom is 0.246 e. The lowest BCUT2D eigenvalue weighted by atomic mass is 10.4. The minimum Gasteiger partial charge on any atom is -0.271 e. The first kappa shape index (κ1) is 15.7. The highest BCUT2D eigenvalue weighted by Gasteiger charge is 2.28. The standard InChI is InChI=1S/C13H21N5O2S/c1-6-18-11(3)13(10(2)15-18)21(19,20)16(4)9-12-7-8-14-17(12)5/h7-8H,6,9H2,1-5H3. The van der Waals surface area contributed by atoms with E-state index in [1.165, 1.54) is 4.31 Å². The van der Waals surface area contributed by atoms with Crippen molar-refractivity contribution in [2.75, 3.05) is 7.05 Å². The first-order chi connectivity index (χ1) is 9.78. The molecule has 8 heteroatoms. The maximum absolute atomic E-state index is 12.8. The molecule has 21 heavy (non-hydrogen) atoms. The fourth-order valence-corrected chi connectivity index (χ4v) is 3.89. The summed E-state index contributed by atoms with van der Waals surface area (Å²) >= 11 is 0. The Morgan fingerprint density at radius 3 is 2.48 bits per heavy atom. The van der Waals surface area contributed by atoms with Gasteiger partial charge in [0.2, 0.25) is 10.0 Å². The minimum absolute atomic E-state index is 0.273. The van der Waals surface area contributed by atoms with Gasteiger partial charge in [0, 0.05) is 26.8 Å². The highest BCUT2D eigenvalue weighted by atomic mass is 32.2. The second kappa shape index (κ2) is 5.61. The van der Waals surface area contributed by atoms with Gasteiger partial charge in [0.15, 0.2) is 0 Å². The molecule has 0 fully saturated rings. The highest BCUT2D eigenvalue weighted by Crippen LogP contribution is 2.23. The number of rotatable bonds is 5. The molecule has 0 N–H and O–H groups in total. The molecule has 2 aromatic heterocycles. The van der Waals surface area contributed by atoms with E-state index in [1.54, 1.807) is 49.6 Å². The second-order valence-electron chi connectivity index (χ2n) is 5.02. The molecule has 0 spiro atoms. The van der Waals surface area contributed by atoms with E-state index in [2.05, 4.69) is 10.2 Å². The maximum atomic E-state index is 12.8. The fourth-order valence-electron chi connectivity index (χ4n) is 2.39. The van der Waals surface area contributed by atoms with Crippen LogP contribution < -0.4 is 0 Å². The van der Waals surface area contributed by atoms with Crippen molar-refractivity contribution in [3.8, 4) is 0 Å². The third-order valence-corrected chi connectivity index (χ3v) is 5.65. The van der Waals surface area contributed by atoms with Crippen molar-refractivity contribution in [2.24, 2.45) is 7.05 Å². The van der Waals surface area contributed by atoms with E-state index in [1.807, 2.05) is 6.92 Å². The van der Waals surface area contributed by atoms with Crippen LogP contribution in [0.2, 0.25) is 0 Å². The monoisotopic (exact) mass is 311 g/mol. The number of sulfonamides is 1. The zero-order valence-corrected chi connectivity index (χ0v) is 13.8. The van der Waals surface area contributed by atoms with Crippen LogP contribution >= 0.6 is 0 Å². The van der Waals surface area contributed by atoms with Crippen LogP contribution in [-0.4, -0.2) is 39.3 Å². The smallest absolute Gasteiger partial charge is 0.246 e. The number of aryl methyl sites for hydroxylation is 3. The lowest BCUT2D eigenvalue weighted by Gasteiger charge is -2.17. The quantitative estimate of drug-likeness (QED) is 0.828. The summed E-state index contributed by atoms with van der Waals surface area (Å²) < 4.78 is 30.3. The van der Waals surface area contributed by atoms with Gasteiger partial charge in [-0.05, 0) is 26.8 Å². The summed E-state index contributed by atoms with van der Waals surface area (Å²) in [7, 11) is -0.207. The third kappa shape index (κ3) is 2.73. The van der Waals surface area contributed by atoms with Crippen LogP contribution in [0.1, 0.15) is 24.0 Å². The van der Waals surface area contributed by atoms with Crippen molar-refractivity contribution in [1.82, 2.24) is 23.9 Å². The van der Waals surface area contributed by atoms with E-state index >= 15 is 0 Å². The molecule has 0 saturated carbocycles. The van der Waals surface area contributed by atoms with E-state index in [0.29, 0.717) is 22.8 Å². The van der Waals surface area contributed by atoms with Gasteiger partial charge in [-0.25, -0.2) is 8.42 Å². The zero-order chi connectivity index (χ0) is 15.8. The van der Waals surface area contributed by atoms with E-state index in [4.69, 9.17) is 0 Å². The van der Waals surface area contributed by atoms with Crippen LogP contribution in [0.15, 0.2) is 17.2 Å². The van der Waals surface area contributed by atoms with Crippen LogP contribution in [0.25, 0.3) is 0 Å². The molecule has 0 aliphatic heterocycles. The Morgan fingerprint density at radius 1 is 1.33 bits per heavy atom. The van der Waals surface area contributed by atoms with Crippen LogP contribution in [0.4, 0.5) is 0 Å². The minimum atomic E-state index is -3.57. The van der Waals surface area contributed by atoms with Crippen LogP contribution in [0.3, 0.4) is 0 Å². The summed E-state index contributed by atoms with van der Waals surface area (Å²) in [6, 6.07) is 1.81. The average Bonchev–Trinajstić information content (AvgIpc) is 2.93. The molecule has 0 atom stereocenters. The normalized spacial score (nSPS) is 12.3. The fraction of sp³-hybridized carbons (Fsp3) is 0.538. The van der Waals surface area contributed by atoms with Gasteiger partial charge < -0.3 is 0 Å². The van der Waals surface area contributed by atoms with E-state index < -0.39 is 10.0 Å². The van der Waals surface area contributed by atoms with Crippen molar-refractivity contribution >= 4 is 10.0 Å². The van der Waals surface area contributed by atoms with Gasteiger partial charge in [0.25, 0.3) is 0 Å². The molecule has 2 aromatic rings. The highest BCUT2D eigenvalue weighted by molar-refractivity contribution is 7.89. The Labute approximate surface area is 125 Å². The summed E-state index contributed by atoms with van der Waals surface area (Å²) in [6.45, 7) is 6.37. The summed E-state index contributed by atoms with van der Waals surface area (Å²) in [5.41, 5.74) is 2.04. The number of hydrogen-bond acceptors (Lipinski definition) is 4. The molecule has 116 valence electrons. The first-order valence-corrected chi connectivity index (χ1v) is 8.20. The molecule has 0 aromatic carbocycles. The molecule has 7 nitrogen and oxygen atoms in total. The number of hydrogen-bond donors (Lipinski definition) is 0. The predicted molar refractivity (Wildman–Crippen MR) is 79.2 cm³/mol. The topological polar surface area (TPSA) is 73.0 Å². The summed E-state index contributed by atoms with van der Waals surface area (Å²) in [6.07, 6.45) is 1.65. The van der Waals surface area contributed by atoms with Gasteiger partial charge in [0.1, 0.15) is 4.90 Å². The van der Waals surface area contributed by atoms with E-state index in [-0.39, 0.29) is 6.54 Å². The van der Waals surface area contributed by atoms with Crippen molar-refractivity contribution in [2.45, 2.75) is 38.8 Å². The van der Waals surface area contributed by atoms with Gasteiger partial charge in [-0.1, -0.05) is 0 Å². The third-order valence-electron chi connectivity index (χ3n) is 3.59.